The van der Waals surface area contributed by atoms with E-state index in [1.54, 1.807) is 11.2 Å². The topological polar surface area (TPSA) is 110 Å². The summed E-state index contributed by atoms with van der Waals surface area (Å²) < 4.78 is 76.4. The lowest BCUT2D eigenvalue weighted by Gasteiger charge is -2.33. The number of ether oxygens (including phenoxy) is 1. The fourth-order valence-corrected chi connectivity index (χ4v) is 4.84. The molecule has 214 valence electrons. The predicted molar refractivity (Wildman–Crippen MR) is 142 cm³/mol. The van der Waals surface area contributed by atoms with Crippen molar-refractivity contribution in [2.75, 3.05) is 23.8 Å². The normalized spacial score (nSPS) is 15.5. The summed E-state index contributed by atoms with van der Waals surface area (Å²) in [4.78, 5) is 7.58. The van der Waals surface area contributed by atoms with Crippen molar-refractivity contribution in [3.05, 3.63) is 100.0 Å². The molecule has 6 rings (SSSR count). The number of nitrogens with zero attached hydrogens (tertiary/aromatic N) is 4. The molecule has 0 aliphatic carbocycles. The van der Waals surface area contributed by atoms with Crippen LogP contribution in [0.2, 0.25) is 5.02 Å². The Labute approximate surface area is 239 Å². The minimum Gasteiger partial charge on any atom is -0.377 e. The fraction of sp³-hybridized carbons (Fsp3) is 0.148. The molecule has 4 heterocycles. The third-order valence-electron chi connectivity index (χ3n) is 6.69. The number of halogens is 6. The lowest BCUT2D eigenvalue weighted by molar-refractivity contribution is -0.0635. The van der Waals surface area contributed by atoms with Gasteiger partial charge in [0.2, 0.25) is 5.95 Å². The second-order valence-electron chi connectivity index (χ2n) is 9.41. The van der Waals surface area contributed by atoms with Crippen LogP contribution in [-0.2, 0) is 4.74 Å². The van der Waals surface area contributed by atoms with E-state index >= 15 is 8.78 Å². The van der Waals surface area contributed by atoms with Gasteiger partial charge < -0.3 is 20.8 Å². The average molecular weight is 601 g/mol. The summed E-state index contributed by atoms with van der Waals surface area (Å²) in [7, 11) is 0. The van der Waals surface area contributed by atoms with Crippen LogP contribution in [0.5, 0.6) is 0 Å². The summed E-state index contributed by atoms with van der Waals surface area (Å²) in [5.41, 5.74) is 6.29. The number of benzene rings is 2. The number of hydrazine groups is 2. The van der Waals surface area contributed by atoms with E-state index < -0.39 is 40.8 Å². The predicted octanol–water partition coefficient (Wildman–Crippen LogP) is 5.31. The maximum Gasteiger partial charge on any atom is 0.249 e. The van der Waals surface area contributed by atoms with Gasteiger partial charge in [0.05, 0.1) is 64.2 Å². The Morgan fingerprint density at radius 1 is 1.00 bits per heavy atom. The first-order valence-electron chi connectivity index (χ1n) is 12.3. The van der Waals surface area contributed by atoms with Crippen LogP contribution >= 0.6 is 11.6 Å². The van der Waals surface area contributed by atoms with Crippen LogP contribution in [0.25, 0.3) is 10.9 Å². The Morgan fingerprint density at radius 2 is 1.76 bits per heavy atom. The molecule has 9 nitrogen and oxygen atoms in total. The van der Waals surface area contributed by atoms with Gasteiger partial charge in [-0.05, 0) is 12.1 Å². The van der Waals surface area contributed by atoms with Gasteiger partial charge in [-0.15, -0.1) is 5.53 Å². The Morgan fingerprint density at radius 3 is 2.43 bits per heavy atom. The van der Waals surface area contributed by atoms with Crippen molar-refractivity contribution < 1.29 is 26.7 Å². The molecule has 4 aromatic rings. The molecule has 0 saturated carbocycles. The molecule has 2 aliphatic rings. The third kappa shape index (κ3) is 5.09. The number of hydrogen-bond donors (Lipinski definition) is 4. The monoisotopic (exact) mass is 600 g/mol. The van der Waals surface area contributed by atoms with Gasteiger partial charge in [-0.25, -0.2) is 22.5 Å². The number of aromatic nitrogens is 2. The summed E-state index contributed by atoms with van der Waals surface area (Å²) in [5, 5.41) is 17.7. The molecule has 0 unspecified atom stereocenters. The van der Waals surface area contributed by atoms with Crippen LogP contribution in [0, 0.1) is 40.5 Å². The van der Waals surface area contributed by atoms with E-state index in [1.165, 1.54) is 18.3 Å². The first-order chi connectivity index (χ1) is 20.2. The van der Waals surface area contributed by atoms with E-state index in [0.717, 1.165) is 12.3 Å². The zero-order valence-corrected chi connectivity index (χ0v) is 21.9. The number of anilines is 3. The first-order valence-corrected chi connectivity index (χ1v) is 12.7. The van der Waals surface area contributed by atoms with Gasteiger partial charge in [0, 0.05) is 41.7 Å². The Hall–Kier alpha value is -4.71. The molecule has 42 heavy (non-hydrogen) atoms. The van der Waals surface area contributed by atoms with Crippen molar-refractivity contribution in [2.45, 2.75) is 12.1 Å². The van der Waals surface area contributed by atoms with Gasteiger partial charge >= 0.3 is 0 Å². The molecule has 0 bridgehead atoms. The Bertz CT molecular complexity index is 1770. The molecule has 0 amide bonds. The highest BCUT2D eigenvalue weighted by atomic mass is 35.5. The zero-order chi connectivity index (χ0) is 29.5. The molecule has 15 heteroatoms. The Kier molecular flexibility index (Phi) is 7.15. The van der Waals surface area contributed by atoms with Crippen molar-refractivity contribution in [1.82, 2.24) is 25.9 Å². The van der Waals surface area contributed by atoms with Crippen molar-refractivity contribution in [2.24, 2.45) is 0 Å². The van der Waals surface area contributed by atoms with Crippen molar-refractivity contribution in [1.29, 1.82) is 5.26 Å². The van der Waals surface area contributed by atoms with E-state index in [9.17, 15) is 18.4 Å². The molecule has 4 N–H and O–H groups in total. The van der Waals surface area contributed by atoms with Gasteiger partial charge in [0.15, 0.2) is 5.82 Å². The fourth-order valence-electron chi connectivity index (χ4n) is 4.57. The van der Waals surface area contributed by atoms with Crippen LogP contribution in [0.3, 0.4) is 0 Å². The quantitative estimate of drug-likeness (QED) is 0.166. The molecule has 0 spiro atoms. The molecular weight excluding hydrogens is 583 g/mol. The molecular formula is C27H18ClF5N8O. The van der Waals surface area contributed by atoms with Crippen LogP contribution in [0.4, 0.5) is 39.0 Å². The number of rotatable bonds is 7. The van der Waals surface area contributed by atoms with E-state index in [1.807, 2.05) is 6.07 Å². The number of nitriles is 1. The highest BCUT2D eigenvalue weighted by Crippen LogP contribution is 2.38. The van der Waals surface area contributed by atoms with E-state index in [2.05, 4.69) is 31.6 Å². The van der Waals surface area contributed by atoms with Gasteiger partial charge in [-0.2, -0.15) is 9.65 Å². The summed E-state index contributed by atoms with van der Waals surface area (Å²) in [6.45, 7) is 0.876. The number of pyridine rings is 2. The molecule has 1 saturated heterocycles. The van der Waals surface area contributed by atoms with E-state index in [4.69, 9.17) is 16.3 Å². The maximum atomic E-state index is 15.1. The highest BCUT2D eigenvalue weighted by molar-refractivity contribution is 6.36. The number of nitrogens with one attached hydrogen (secondary N) is 4. The largest absolute Gasteiger partial charge is 0.377 e. The van der Waals surface area contributed by atoms with Gasteiger partial charge in [-0.3, -0.25) is 9.99 Å². The summed E-state index contributed by atoms with van der Waals surface area (Å²) in [5.74, 6) is -5.86. The van der Waals surface area contributed by atoms with Crippen LogP contribution < -0.4 is 21.6 Å². The zero-order valence-electron chi connectivity index (χ0n) is 21.2. The van der Waals surface area contributed by atoms with Crippen molar-refractivity contribution in [3.8, 4) is 6.07 Å². The van der Waals surface area contributed by atoms with Gasteiger partial charge in [0.1, 0.15) is 29.6 Å². The average Bonchev–Trinajstić information content (AvgIpc) is 3.38. The molecule has 1 fully saturated rings. The lowest BCUT2D eigenvalue weighted by Crippen LogP contribution is -2.52. The molecule has 0 radical (unpaired) electrons. The number of hydrogen-bond acceptors (Lipinski definition) is 9. The first kappa shape index (κ1) is 27.5. The van der Waals surface area contributed by atoms with Crippen LogP contribution in [0.1, 0.15) is 17.2 Å². The smallest absolute Gasteiger partial charge is 0.249 e. The van der Waals surface area contributed by atoms with E-state index in [-0.39, 0.29) is 50.3 Å². The Balaban J connectivity index is 1.45. The molecule has 1 atom stereocenters. The van der Waals surface area contributed by atoms with Crippen molar-refractivity contribution in [3.63, 3.8) is 0 Å². The van der Waals surface area contributed by atoms with E-state index in [0.29, 0.717) is 25.3 Å². The van der Waals surface area contributed by atoms with Crippen LogP contribution in [0.15, 0.2) is 54.6 Å². The second-order valence-corrected chi connectivity index (χ2v) is 9.82. The number of fused-ring (bicyclic) bond motifs is 1. The highest BCUT2D eigenvalue weighted by Gasteiger charge is 2.33. The minimum absolute atomic E-state index is 0.0245. The minimum atomic E-state index is -1.30. The van der Waals surface area contributed by atoms with Gasteiger partial charge in [-0.1, -0.05) is 11.6 Å². The molecule has 2 aromatic carbocycles. The SMILES string of the molecule is N#Cc1cnc2c(Cl)cc(N[C@H](C3=CN(C4COC4)NN3)c3c(F)cc(F)cc3F)cc2c1Nc1cnc(F)c(F)c1. The summed E-state index contributed by atoms with van der Waals surface area (Å²) in [6.07, 6.45) is 3.89. The molecule has 2 aliphatic heterocycles. The lowest BCUT2D eigenvalue weighted by atomic mass is 10.0. The molecule has 2 aromatic heterocycles. The summed E-state index contributed by atoms with van der Waals surface area (Å²) in [6, 6.07) is 5.70. The van der Waals surface area contributed by atoms with Crippen molar-refractivity contribution >= 4 is 39.6 Å². The summed E-state index contributed by atoms with van der Waals surface area (Å²) >= 11 is 6.54. The van der Waals surface area contributed by atoms with Gasteiger partial charge in [0.25, 0.3) is 0 Å². The van der Waals surface area contributed by atoms with Crippen LogP contribution in [-0.4, -0.2) is 34.2 Å². The maximum absolute atomic E-state index is 15.1. The third-order valence-corrected chi connectivity index (χ3v) is 6.97. The second kappa shape index (κ2) is 10.9. The standard InChI is InChI=1S/C27H18ClF5N8O/c28-18-4-14(3-17-24(12(6-34)7-35-25(17)18)38-15-5-21(32)27(33)36-8-15)37-26(23-19(30)1-13(29)2-20(23)31)22-9-41(40-39-22)16-10-42-11-16/h1-5,7-9,16,26,37,39-40H,10-11H2,(H,35,38)/t26-/m1/s1.